The van der Waals surface area contributed by atoms with Crippen molar-refractivity contribution in [2.75, 3.05) is 4.90 Å². The zero-order chi connectivity index (χ0) is 22.5. The fourth-order valence-electron chi connectivity index (χ4n) is 3.20. The van der Waals surface area contributed by atoms with Crippen LogP contribution in [0.3, 0.4) is 0 Å². The third-order valence-electron chi connectivity index (χ3n) is 4.63. The number of hydrogen-bond donors (Lipinski definition) is 2. The summed E-state index contributed by atoms with van der Waals surface area (Å²) in [5.41, 5.74) is 2.83. The van der Waals surface area contributed by atoms with Crippen LogP contribution in [0.25, 0.3) is 0 Å². The van der Waals surface area contributed by atoms with E-state index in [-0.39, 0.29) is 11.1 Å². The molecule has 0 aliphatic carbocycles. The number of amides is 1. The van der Waals surface area contributed by atoms with Crippen molar-refractivity contribution in [3.63, 3.8) is 0 Å². The van der Waals surface area contributed by atoms with Gasteiger partial charge in [-0.05, 0) is 48.4 Å². The Labute approximate surface area is 178 Å². The molecule has 7 nitrogen and oxygen atoms in total. The number of ketones is 1. The van der Waals surface area contributed by atoms with Gasteiger partial charge in [-0.25, -0.2) is 9.59 Å². The minimum atomic E-state index is -1.12. The molecule has 0 saturated heterocycles. The highest BCUT2D eigenvalue weighted by molar-refractivity contribution is 6.52. The van der Waals surface area contributed by atoms with Gasteiger partial charge in [-0.3, -0.25) is 9.59 Å². The Morgan fingerprint density at radius 1 is 0.806 bits per heavy atom. The van der Waals surface area contributed by atoms with Gasteiger partial charge in [-0.2, -0.15) is 0 Å². The first-order valence-electron chi connectivity index (χ1n) is 9.35. The van der Waals surface area contributed by atoms with E-state index in [0.29, 0.717) is 23.4 Å². The van der Waals surface area contributed by atoms with Crippen LogP contribution in [0, 0.1) is 6.92 Å². The predicted molar refractivity (Wildman–Crippen MR) is 114 cm³/mol. The molecule has 1 aliphatic rings. The summed E-state index contributed by atoms with van der Waals surface area (Å²) in [6.07, 6.45) is 0. The lowest BCUT2D eigenvalue weighted by Crippen LogP contribution is -2.29. The smallest absolute Gasteiger partial charge is 0.335 e. The number of anilines is 1. The van der Waals surface area contributed by atoms with Crippen molar-refractivity contribution < 1.29 is 29.4 Å². The van der Waals surface area contributed by atoms with Crippen molar-refractivity contribution in [2.45, 2.75) is 13.5 Å². The van der Waals surface area contributed by atoms with Crippen LogP contribution in [0.2, 0.25) is 0 Å². The van der Waals surface area contributed by atoms with Gasteiger partial charge in [-0.15, -0.1) is 0 Å². The number of carbonyl (C=O) groups excluding carboxylic acids is 2. The number of carboxylic acid groups (broad SMARTS) is 2. The molecule has 0 spiro atoms. The molecule has 3 aromatic rings. The van der Waals surface area contributed by atoms with Crippen molar-refractivity contribution in [1.82, 2.24) is 0 Å². The number of rotatable bonds is 4. The Hall–Kier alpha value is -4.26. The second kappa shape index (κ2) is 9.04. The molecule has 31 heavy (non-hydrogen) atoms. The van der Waals surface area contributed by atoms with E-state index in [1.165, 1.54) is 17.0 Å². The quantitative estimate of drug-likeness (QED) is 0.625. The normalized spacial score (nSPS) is 12.1. The highest BCUT2D eigenvalue weighted by Crippen LogP contribution is 2.29. The molecule has 1 aliphatic heterocycles. The van der Waals surface area contributed by atoms with Gasteiger partial charge in [0.1, 0.15) is 0 Å². The summed E-state index contributed by atoms with van der Waals surface area (Å²) in [6.45, 7) is 2.08. The maximum absolute atomic E-state index is 11.9. The molecule has 0 bridgehead atoms. The van der Waals surface area contributed by atoms with Crippen molar-refractivity contribution in [3.05, 3.63) is 101 Å². The molecule has 4 rings (SSSR count). The van der Waals surface area contributed by atoms with Crippen molar-refractivity contribution in [3.8, 4) is 0 Å². The van der Waals surface area contributed by atoms with Gasteiger partial charge < -0.3 is 15.1 Å². The van der Waals surface area contributed by atoms with Gasteiger partial charge in [0.2, 0.25) is 0 Å². The molecule has 3 aromatic carbocycles. The van der Waals surface area contributed by atoms with Crippen LogP contribution < -0.4 is 4.90 Å². The molecular weight excluding hydrogens is 398 g/mol. The van der Waals surface area contributed by atoms with E-state index in [1.54, 1.807) is 25.1 Å². The van der Waals surface area contributed by atoms with E-state index in [2.05, 4.69) is 0 Å². The van der Waals surface area contributed by atoms with E-state index >= 15 is 0 Å². The maximum Gasteiger partial charge on any atom is 0.335 e. The van der Waals surface area contributed by atoms with E-state index in [9.17, 15) is 19.2 Å². The van der Waals surface area contributed by atoms with Crippen molar-refractivity contribution >= 4 is 29.3 Å². The molecule has 0 radical (unpaired) electrons. The highest BCUT2D eigenvalue weighted by Gasteiger charge is 2.35. The third-order valence-corrected chi connectivity index (χ3v) is 4.63. The number of aryl methyl sites for hydroxylation is 1. The second-order valence-electron chi connectivity index (χ2n) is 6.92. The van der Waals surface area contributed by atoms with Gasteiger partial charge >= 0.3 is 11.9 Å². The Bertz CT molecular complexity index is 1140. The number of benzene rings is 3. The summed E-state index contributed by atoms with van der Waals surface area (Å²) >= 11 is 0. The number of aromatic carboxylic acids is 2. The van der Waals surface area contributed by atoms with Gasteiger partial charge in [0.05, 0.1) is 28.9 Å². The topological polar surface area (TPSA) is 112 Å². The molecule has 0 fully saturated rings. The number of para-hydroxylation sites is 1. The molecule has 156 valence electrons. The molecule has 0 aromatic heterocycles. The lowest BCUT2D eigenvalue weighted by Gasteiger charge is -2.16. The van der Waals surface area contributed by atoms with Crippen LogP contribution >= 0.6 is 0 Å². The van der Waals surface area contributed by atoms with Gasteiger partial charge in [0, 0.05) is 0 Å². The fourth-order valence-corrected chi connectivity index (χ4v) is 3.20. The summed E-state index contributed by atoms with van der Waals surface area (Å²) in [6, 6.07) is 20.8. The maximum atomic E-state index is 11.9. The summed E-state index contributed by atoms with van der Waals surface area (Å²) in [4.78, 5) is 46.4. The lowest BCUT2D eigenvalue weighted by atomic mass is 10.1. The molecule has 0 saturated carbocycles. The summed E-state index contributed by atoms with van der Waals surface area (Å²) in [5, 5.41) is 17.2. The van der Waals surface area contributed by atoms with Crippen LogP contribution in [0.1, 0.15) is 42.2 Å². The zero-order valence-electron chi connectivity index (χ0n) is 16.6. The number of hydrogen-bond acceptors (Lipinski definition) is 4. The third kappa shape index (κ3) is 4.84. The van der Waals surface area contributed by atoms with Crippen LogP contribution in [0.15, 0.2) is 72.8 Å². The molecule has 2 N–H and O–H groups in total. The number of nitrogens with zero attached hydrogens (tertiary/aromatic N) is 1. The standard InChI is InChI=1S/C15H11NO2.C9H8O4/c17-14-12-8-4-5-9-13(12)16(15(14)18)10-11-6-2-1-3-7-11;1-5-2-6(8(10)11)4-7(3-5)9(12)13/h1-9H,10H2;2-4H,1H3,(H,10,11)(H,12,13). The number of fused-ring (bicyclic) bond motifs is 1. The molecule has 0 atom stereocenters. The van der Waals surface area contributed by atoms with E-state index in [1.807, 2.05) is 36.4 Å². The Kier molecular flexibility index (Phi) is 6.26. The van der Waals surface area contributed by atoms with E-state index < -0.39 is 23.6 Å². The first-order valence-corrected chi connectivity index (χ1v) is 9.35. The second-order valence-corrected chi connectivity index (χ2v) is 6.92. The van der Waals surface area contributed by atoms with E-state index in [0.717, 1.165) is 11.6 Å². The number of carbonyl (C=O) groups is 4. The predicted octanol–water partition coefficient (Wildman–Crippen LogP) is 3.81. The van der Waals surface area contributed by atoms with E-state index in [4.69, 9.17) is 10.2 Å². The Morgan fingerprint density at radius 3 is 1.94 bits per heavy atom. The largest absolute Gasteiger partial charge is 0.478 e. The lowest BCUT2D eigenvalue weighted by molar-refractivity contribution is -0.114. The summed E-state index contributed by atoms with van der Waals surface area (Å²) < 4.78 is 0. The Balaban J connectivity index is 0.000000187. The average molecular weight is 417 g/mol. The molecule has 0 unspecified atom stereocenters. The first-order chi connectivity index (χ1) is 14.8. The SMILES string of the molecule is Cc1cc(C(=O)O)cc(C(=O)O)c1.O=C1C(=O)N(Cc2ccccc2)c2ccccc21. The monoisotopic (exact) mass is 417 g/mol. The molecular formula is C24H19NO6. The van der Waals surface area contributed by atoms with Crippen LogP contribution in [-0.2, 0) is 11.3 Å². The minimum Gasteiger partial charge on any atom is -0.478 e. The highest BCUT2D eigenvalue weighted by atomic mass is 16.4. The van der Waals surface area contributed by atoms with Crippen LogP contribution in [0.4, 0.5) is 5.69 Å². The summed E-state index contributed by atoms with van der Waals surface area (Å²) in [7, 11) is 0. The minimum absolute atomic E-state index is 0.00241. The zero-order valence-corrected chi connectivity index (χ0v) is 16.6. The van der Waals surface area contributed by atoms with Gasteiger partial charge in [0.25, 0.3) is 11.7 Å². The molecule has 1 heterocycles. The van der Waals surface area contributed by atoms with Gasteiger partial charge in [-0.1, -0.05) is 42.5 Å². The van der Waals surface area contributed by atoms with Gasteiger partial charge in [0.15, 0.2) is 0 Å². The Morgan fingerprint density at radius 2 is 1.35 bits per heavy atom. The number of Topliss-reactive ketones (excluding diaryl/α,β-unsaturated/α-hetero) is 1. The van der Waals surface area contributed by atoms with Crippen molar-refractivity contribution in [1.29, 1.82) is 0 Å². The molecule has 7 heteroatoms. The fraction of sp³-hybridized carbons (Fsp3) is 0.0833. The summed E-state index contributed by atoms with van der Waals surface area (Å²) in [5.74, 6) is -3.10. The average Bonchev–Trinajstić information content (AvgIpc) is 2.99. The number of carboxylic acids is 2. The van der Waals surface area contributed by atoms with Crippen LogP contribution in [0.5, 0.6) is 0 Å². The molecule has 1 amide bonds. The van der Waals surface area contributed by atoms with Crippen molar-refractivity contribution in [2.24, 2.45) is 0 Å². The van der Waals surface area contributed by atoms with Crippen LogP contribution in [-0.4, -0.2) is 33.8 Å². The first kappa shape index (κ1) is 21.4.